The van der Waals surface area contributed by atoms with E-state index in [9.17, 15) is 9.59 Å². The van der Waals surface area contributed by atoms with Crippen molar-refractivity contribution in [2.75, 3.05) is 6.61 Å². The minimum atomic E-state index is -0.989. The Hall–Kier alpha value is -2.04. The van der Waals surface area contributed by atoms with Gasteiger partial charge in [0.05, 0.1) is 5.92 Å². The van der Waals surface area contributed by atoms with Gasteiger partial charge in [0.25, 0.3) is 0 Å². The fourth-order valence-electron chi connectivity index (χ4n) is 2.33. The third kappa shape index (κ3) is 3.29. The number of aliphatic carboxylic acids is 1. The van der Waals surface area contributed by atoms with Crippen LogP contribution in [0, 0.1) is 5.92 Å². The molecule has 108 valence electrons. The van der Waals surface area contributed by atoms with Gasteiger partial charge in [-0.05, 0) is 24.5 Å². The first-order valence-electron chi connectivity index (χ1n) is 6.85. The van der Waals surface area contributed by atoms with Crippen LogP contribution < -0.4 is 10.1 Å². The largest absolute Gasteiger partial charge is 0.492 e. The van der Waals surface area contributed by atoms with Crippen molar-refractivity contribution >= 4 is 11.9 Å². The predicted octanol–water partition coefficient (Wildman–Crippen LogP) is 1.61. The quantitative estimate of drug-likeness (QED) is 0.857. The molecule has 0 radical (unpaired) electrons. The molecule has 5 nitrogen and oxygen atoms in total. The number of rotatable bonds is 5. The highest BCUT2D eigenvalue weighted by Crippen LogP contribution is 2.26. The molecule has 1 aromatic rings. The van der Waals surface area contributed by atoms with Crippen molar-refractivity contribution in [2.24, 2.45) is 5.92 Å². The van der Waals surface area contributed by atoms with Gasteiger partial charge in [-0.2, -0.15) is 0 Å². The smallest absolute Gasteiger partial charge is 0.326 e. The van der Waals surface area contributed by atoms with E-state index in [1.165, 1.54) is 0 Å². The van der Waals surface area contributed by atoms with Crippen molar-refractivity contribution in [1.82, 2.24) is 5.32 Å². The molecule has 0 spiro atoms. The Kier molecular flexibility index (Phi) is 4.61. The van der Waals surface area contributed by atoms with Crippen molar-refractivity contribution in [3.8, 4) is 5.75 Å². The summed E-state index contributed by atoms with van der Waals surface area (Å²) >= 11 is 0. The molecule has 1 unspecified atom stereocenters. The average molecular weight is 277 g/mol. The summed E-state index contributed by atoms with van der Waals surface area (Å²) in [5.74, 6) is -0.763. The van der Waals surface area contributed by atoms with Gasteiger partial charge in [0.1, 0.15) is 18.4 Å². The molecule has 0 aliphatic carbocycles. The normalized spacial score (nSPS) is 18.6. The number of ether oxygens (including phenoxy) is 1. The number of benzene rings is 1. The van der Waals surface area contributed by atoms with Gasteiger partial charge >= 0.3 is 5.97 Å². The Balaban J connectivity index is 1.99. The Morgan fingerprint density at radius 3 is 2.90 bits per heavy atom. The second-order valence-electron chi connectivity index (χ2n) is 5.01. The molecular formula is C15H19NO4. The number of carboxylic acid groups (broad SMARTS) is 1. The molecule has 0 saturated carbocycles. The molecule has 5 heteroatoms. The zero-order chi connectivity index (χ0) is 14.5. The molecule has 1 heterocycles. The number of para-hydroxylation sites is 1. The zero-order valence-corrected chi connectivity index (χ0v) is 11.5. The van der Waals surface area contributed by atoms with Crippen LogP contribution in [0.15, 0.2) is 24.3 Å². The molecule has 0 fully saturated rings. The van der Waals surface area contributed by atoms with Crippen molar-refractivity contribution in [2.45, 2.75) is 32.2 Å². The molecule has 20 heavy (non-hydrogen) atoms. The Labute approximate surface area is 117 Å². The Bertz CT molecular complexity index is 500. The summed E-state index contributed by atoms with van der Waals surface area (Å²) in [6, 6.07) is 6.78. The highest BCUT2D eigenvalue weighted by molar-refractivity contribution is 5.85. The number of carboxylic acids is 1. The van der Waals surface area contributed by atoms with Crippen LogP contribution in [0.25, 0.3) is 0 Å². The fraction of sp³-hybridized carbons (Fsp3) is 0.467. The maximum atomic E-state index is 12.1. The van der Waals surface area contributed by atoms with Gasteiger partial charge in [-0.3, -0.25) is 4.79 Å². The summed E-state index contributed by atoms with van der Waals surface area (Å²) in [6.07, 6.45) is 1.73. The van der Waals surface area contributed by atoms with Crippen LogP contribution in [-0.4, -0.2) is 29.6 Å². The van der Waals surface area contributed by atoms with Crippen LogP contribution in [0.5, 0.6) is 5.75 Å². The van der Waals surface area contributed by atoms with E-state index in [2.05, 4.69) is 5.32 Å². The number of fused-ring (bicyclic) bond motifs is 1. The maximum Gasteiger partial charge on any atom is 0.326 e. The van der Waals surface area contributed by atoms with Gasteiger partial charge in [0.15, 0.2) is 0 Å². The van der Waals surface area contributed by atoms with E-state index >= 15 is 0 Å². The summed E-state index contributed by atoms with van der Waals surface area (Å²) in [5, 5.41) is 11.7. The van der Waals surface area contributed by atoms with E-state index in [0.717, 1.165) is 11.3 Å². The molecule has 0 bridgehead atoms. The first kappa shape index (κ1) is 14.4. The summed E-state index contributed by atoms with van der Waals surface area (Å²) < 4.78 is 5.55. The summed E-state index contributed by atoms with van der Waals surface area (Å²) in [6.45, 7) is 2.18. The van der Waals surface area contributed by atoms with E-state index in [4.69, 9.17) is 9.84 Å². The number of carbonyl (C=O) groups is 2. The van der Waals surface area contributed by atoms with Crippen LogP contribution >= 0.6 is 0 Å². The van der Waals surface area contributed by atoms with Gasteiger partial charge in [-0.1, -0.05) is 31.5 Å². The highest BCUT2D eigenvalue weighted by atomic mass is 16.5. The Morgan fingerprint density at radius 1 is 1.45 bits per heavy atom. The fourth-order valence-corrected chi connectivity index (χ4v) is 2.33. The lowest BCUT2D eigenvalue weighted by atomic mass is 9.95. The second-order valence-corrected chi connectivity index (χ2v) is 5.01. The monoisotopic (exact) mass is 277 g/mol. The van der Waals surface area contributed by atoms with E-state index < -0.39 is 12.0 Å². The van der Waals surface area contributed by atoms with Crippen LogP contribution in [-0.2, 0) is 16.0 Å². The summed E-state index contributed by atoms with van der Waals surface area (Å²) in [7, 11) is 0. The van der Waals surface area contributed by atoms with Crippen LogP contribution in [0.1, 0.15) is 25.3 Å². The van der Waals surface area contributed by atoms with E-state index in [-0.39, 0.29) is 11.8 Å². The molecule has 0 aromatic heterocycles. The number of hydrogen-bond acceptors (Lipinski definition) is 3. The first-order chi connectivity index (χ1) is 9.61. The van der Waals surface area contributed by atoms with Crippen molar-refractivity contribution in [3.63, 3.8) is 0 Å². The van der Waals surface area contributed by atoms with Crippen molar-refractivity contribution < 1.29 is 19.4 Å². The third-order valence-electron chi connectivity index (χ3n) is 3.44. The molecular weight excluding hydrogens is 258 g/mol. The number of hydrogen-bond donors (Lipinski definition) is 2. The van der Waals surface area contributed by atoms with Gasteiger partial charge in [0, 0.05) is 0 Å². The second kappa shape index (κ2) is 6.41. The van der Waals surface area contributed by atoms with Gasteiger partial charge in [-0.15, -0.1) is 0 Å². The van der Waals surface area contributed by atoms with Gasteiger partial charge in [0.2, 0.25) is 5.91 Å². The molecule has 1 aliphatic rings. The SMILES string of the molecule is CCC[C@H](NC(=O)C1COc2ccccc2C1)C(=O)O. The predicted molar refractivity (Wildman–Crippen MR) is 73.6 cm³/mol. The minimum absolute atomic E-state index is 0.250. The average Bonchev–Trinajstić information content (AvgIpc) is 2.46. The minimum Gasteiger partial charge on any atom is -0.492 e. The van der Waals surface area contributed by atoms with Crippen molar-refractivity contribution in [3.05, 3.63) is 29.8 Å². The Morgan fingerprint density at radius 2 is 2.20 bits per heavy atom. The number of amides is 1. The van der Waals surface area contributed by atoms with E-state index in [0.29, 0.717) is 25.9 Å². The molecule has 2 atom stereocenters. The van der Waals surface area contributed by atoms with Crippen LogP contribution in [0.3, 0.4) is 0 Å². The molecule has 0 saturated heterocycles. The molecule has 1 aliphatic heterocycles. The molecule has 1 aromatic carbocycles. The number of nitrogens with one attached hydrogen (secondary N) is 1. The summed E-state index contributed by atoms with van der Waals surface area (Å²) in [4.78, 5) is 23.2. The van der Waals surface area contributed by atoms with Crippen molar-refractivity contribution in [1.29, 1.82) is 0 Å². The summed E-state index contributed by atoms with van der Waals surface area (Å²) in [5.41, 5.74) is 0.987. The van der Waals surface area contributed by atoms with E-state index in [1.54, 1.807) is 0 Å². The lowest BCUT2D eigenvalue weighted by Crippen LogP contribution is -2.46. The lowest BCUT2D eigenvalue weighted by molar-refractivity contribution is -0.143. The highest BCUT2D eigenvalue weighted by Gasteiger charge is 2.28. The molecule has 1 amide bonds. The topological polar surface area (TPSA) is 75.6 Å². The zero-order valence-electron chi connectivity index (χ0n) is 11.5. The van der Waals surface area contributed by atoms with Gasteiger partial charge < -0.3 is 15.2 Å². The van der Waals surface area contributed by atoms with Gasteiger partial charge in [-0.25, -0.2) is 4.79 Å². The molecule has 2 rings (SSSR count). The van der Waals surface area contributed by atoms with Crippen LogP contribution in [0.4, 0.5) is 0 Å². The van der Waals surface area contributed by atoms with E-state index in [1.807, 2.05) is 31.2 Å². The third-order valence-corrected chi connectivity index (χ3v) is 3.44. The lowest BCUT2D eigenvalue weighted by Gasteiger charge is -2.25. The maximum absolute atomic E-state index is 12.1. The standard InChI is InChI=1S/C15H19NO4/c1-2-5-12(15(18)19)16-14(17)11-8-10-6-3-4-7-13(10)20-9-11/h3-4,6-7,11-12H,2,5,8-9H2,1H3,(H,16,17)(H,18,19)/t11?,12-/m0/s1. The van der Waals surface area contributed by atoms with Crippen LogP contribution in [0.2, 0.25) is 0 Å². The molecule has 2 N–H and O–H groups in total. The first-order valence-corrected chi connectivity index (χ1v) is 6.85. The number of carbonyl (C=O) groups excluding carboxylic acids is 1.